The van der Waals surface area contributed by atoms with Gasteiger partial charge in [-0.25, -0.2) is 4.68 Å². The summed E-state index contributed by atoms with van der Waals surface area (Å²) in [5.41, 5.74) is 8.29. The predicted octanol–water partition coefficient (Wildman–Crippen LogP) is 3.17. The van der Waals surface area contributed by atoms with Gasteiger partial charge < -0.3 is 11.1 Å². The first-order valence-corrected chi connectivity index (χ1v) is 7.02. The summed E-state index contributed by atoms with van der Waals surface area (Å²) in [6, 6.07) is 0.525. The van der Waals surface area contributed by atoms with Gasteiger partial charge in [0, 0.05) is 12.6 Å². The molecule has 1 aliphatic rings. The highest BCUT2D eigenvalue weighted by Gasteiger charge is 2.28. The number of nitrogens with one attached hydrogen (secondary N) is 1. The van der Waals surface area contributed by atoms with Gasteiger partial charge in [0.1, 0.15) is 5.82 Å². The molecule has 1 heterocycles. The van der Waals surface area contributed by atoms with Crippen molar-refractivity contribution >= 4 is 11.5 Å². The van der Waals surface area contributed by atoms with Crippen LogP contribution in [0, 0.1) is 12.3 Å². The van der Waals surface area contributed by atoms with Gasteiger partial charge in [0.15, 0.2) is 0 Å². The van der Waals surface area contributed by atoms with Crippen LogP contribution in [0.3, 0.4) is 0 Å². The average molecular weight is 250 g/mol. The van der Waals surface area contributed by atoms with Crippen molar-refractivity contribution in [2.75, 3.05) is 11.1 Å². The van der Waals surface area contributed by atoms with Crippen LogP contribution in [0.2, 0.25) is 0 Å². The summed E-state index contributed by atoms with van der Waals surface area (Å²) < 4.78 is 1.98. The van der Waals surface area contributed by atoms with E-state index in [1.807, 2.05) is 11.6 Å². The first-order valence-electron chi connectivity index (χ1n) is 7.02. The van der Waals surface area contributed by atoms with Crippen molar-refractivity contribution in [1.82, 2.24) is 9.78 Å². The van der Waals surface area contributed by atoms with E-state index in [0.717, 1.165) is 23.7 Å². The summed E-state index contributed by atoms with van der Waals surface area (Å²) >= 11 is 0. The third-order valence-electron chi connectivity index (χ3n) is 4.02. The Balaban J connectivity index is 2.14. The molecule has 0 radical (unpaired) electrons. The number of hydrogen-bond donors (Lipinski definition) is 2. The van der Waals surface area contributed by atoms with Gasteiger partial charge in [0.25, 0.3) is 0 Å². The highest BCUT2D eigenvalue weighted by molar-refractivity contribution is 5.65. The topological polar surface area (TPSA) is 55.9 Å². The second kappa shape index (κ2) is 4.82. The third-order valence-corrected chi connectivity index (χ3v) is 4.02. The van der Waals surface area contributed by atoms with Crippen LogP contribution in [0.5, 0.6) is 0 Å². The molecule has 1 aromatic rings. The first kappa shape index (κ1) is 13.2. The van der Waals surface area contributed by atoms with Crippen LogP contribution in [0.1, 0.15) is 52.1 Å². The number of hydrogen-bond acceptors (Lipinski definition) is 3. The highest BCUT2D eigenvalue weighted by Crippen LogP contribution is 2.37. The number of aryl methyl sites for hydroxylation is 2. The van der Waals surface area contributed by atoms with Crippen LogP contribution in [-0.2, 0) is 6.54 Å². The molecule has 1 unspecified atom stereocenters. The molecule has 0 saturated heterocycles. The second-order valence-electron chi connectivity index (χ2n) is 6.27. The molecule has 1 fully saturated rings. The molecule has 0 bridgehead atoms. The quantitative estimate of drug-likeness (QED) is 0.866. The number of nitrogens with two attached hydrogens (primary N) is 1. The largest absolute Gasteiger partial charge is 0.394 e. The Morgan fingerprint density at radius 3 is 2.83 bits per heavy atom. The summed E-state index contributed by atoms with van der Waals surface area (Å²) in [6.45, 7) is 9.63. The van der Waals surface area contributed by atoms with E-state index < -0.39 is 0 Å². The fourth-order valence-corrected chi connectivity index (χ4v) is 2.99. The minimum atomic E-state index is 0.441. The molecule has 1 saturated carbocycles. The fourth-order valence-electron chi connectivity index (χ4n) is 2.99. The zero-order valence-corrected chi connectivity index (χ0v) is 12.1. The molecule has 102 valence electrons. The first-order chi connectivity index (χ1) is 8.43. The van der Waals surface area contributed by atoms with Gasteiger partial charge in [-0.2, -0.15) is 5.10 Å². The molecule has 1 aromatic heterocycles. The van der Waals surface area contributed by atoms with E-state index in [2.05, 4.69) is 31.2 Å². The van der Waals surface area contributed by atoms with Gasteiger partial charge in [0.2, 0.25) is 0 Å². The molecular weight excluding hydrogens is 224 g/mol. The van der Waals surface area contributed by atoms with Gasteiger partial charge in [-0.05, 0) is 38.5 Å². The molecule has 4 nitrogen and oxygen atoms in total. The maximum atomic E-state index is 6.12. The summed E-state index contributed by atoms with van der Waals surface area (Å²) in [7, 11) is 0. The average Bonchev–Trinajstić information content (AvgIpc) is 2.55. The van der Waals surface area contributed by atoms with Crippen LogP contribution in [0.4, 0.5) is 11.5 Å². The Hall–Kier alpha value is -1.19. The second-order valence-corrected chi connectivity index (χ2v) is 6.27. The van der Waals surface area contributed by atoms with Gasteiger partial charge >= 0.3 is 0 Å². The lowest BCUT2D eigenvalue weighted by Gasteiger charge is -2.36. The summed E-state index contributed by atoms with van der Waals surface area (Å²) in [5.74, 6) is 1.01. The van der Waals surface area contributed by atoms with Gasteiger partial charge in [0.05, 0.1) is 11.4 Å². The number of aromatic nitrogens is 2. The molecule has 1 aliphatic carbocycles. The van der Waals surface area contributed by atoms with E-state index in [-0.39, 0.29) is 0 Å². The van der Waals surface area contributed by atoms with Crippen LogP contribution >= 0.6 is 0 Å². The lowest BCUT2D eigenvalue weighted by atomic mass is 9.75. The minimum Gasteiger partial charge on any atom is -0.394 e. The lowest BCUT2D eigenvalue weighted by molar-refractivity contribution is 0.229. The molecule has 0 aromatic carbocycles. The van der Waals surface area contributed by atoms with E-state index in [4.69, 9.17) is 5.73 Å². The van der Waals surface area contributed by atoms with E-state index in [9.17, 15) is 0 Å². The van der Waals surface area contributed by atoms with Crippen LogP contribution in [0.15, 0.2) is 0 Å². The van der Waals surface area contributed by atoms with Crippen LogP contribution < -0.4 is 11.1 Å². The Morgan fingerprint density at radius 1 is 1.50 bits per heavy atom. The van der Waals surface area contributed by atoms with Crippen molar-refractivity contribution < 1.29 is 0 Å². The summed E-state index contributed by atoms with van der Waals surface area (Å²) in [6.07, 6.45) is 5.06. The van der Waals surface area contributed by atoms with Gasteiger partial charge in [-0.15, -0.1) is 0 Å². The summed E-state index contributed by atoms with van der Waals surface area (Å²) in [4.78, 5) is 0. The summed E-state index contributed by atoms with van der Waals surface area (Å²) in [5, 5.41) is 8.08. The Bertz CT molecular complexity index is 420. The molecular formula is C14H26N4. The Kier molecular flexibility index (Phi) is 3.55. The van der Waals surface area contributed by atoms with Gasteiger partial charge in [-0.1, -0.05) is 20.3 Å². The lowest BCUT2D eigenvalue weighted by Crippen LogP contribution is -2.32. The third kappa shape index (κ3) is 2.62. The van der Waals surface area contributed by atoms with E-state index in [1.54, 1.807) is 0 Å². The van der Waals surface area contributed by atoms with E-state index in [1.165, 1.54) is 25.7 Å². The van der Waals surface area contributed by atoms with Crippen molar-refractivity contribution in [2.24, 2.45) is 5.41 Å². The SMILES string of the molecule is CCn1nc(C)c(N)c1NC1CCCC(C)(C)C1. The standard InChI is InChI=1S/C14H26N4/c1-5-18-13(12(15)10(2)17-18)16-11-7-6-8-14(3,4)9-11/h11,16H,5-9,15H2,1-4H3. The molecule has 18 heavy (non-hydrogen) atoms. The van der Waals surface area contributed by atoms with Crippen molar-refractivity contribution in [2.45, 2.75) is 66.0 Å². The number of nitrogen functional groups attached to an aromatic ring is 1. The maximum absolute atomic E-state index is 6.12. The highest BCUT2D eigenvalue weighted by atomic mass is 15.3. The molecule has 0 spiro atoms. The Labute approximate surface area is 110 Å². The van der Waals surface area contributed by atoms with Crippen molar-refractivity contribution in [1.29, 1.82) is 0 Å². The van der Waals surface area contributed by atoms with Crippen LogP contribution in [0.25, 0.3) is 0 Å². The van der Waals surface area contributed by atoms with Gasteiger partial charge in [-0.3, -0.25) is 0 Å². The van der Waals surface area contributed by atoms with Crippen molar-refractivity contribution in [3.8, 4) is 0 Å². The smallest absolute Gasteiger partial charge is 0.148 e. The van der Waals surface area contributed by atoms with E-state index >= 15 is 0 Å². The van der Waals surface area contributed by atoms with Crippen LogP contribution in [-0.4, -0.2) is 15.8 Å². The number of anilines is 2. The molecule has 1 atom stereocenters. The van der Waals surface area contributed by atoms with Crippen molar-refractivity contribution in [3.05, 3.63) is 5.69 Å². The monoisotopic (exact) mass is 250 g/mol. The Morgan fingerprint density at radius 2 is 2.22 bits per heavy atom. The zero-order chi connectivity index (χ0) is 13.3. The number of rotatable bonds is 3. The van der Waals surface area contributed by atoms with E-state index in [0.29, 0.717) is 11.5 Å². The predicted molar refractivity (Wildman–Crippen MR) is 76.7 cm³/mol. The zero-order valence-electron chi connectivity index (χ0n) is 12.1. The molecule has 3 N–H and O–H groups in total. The van der Waals surface area contributed by atoms with Crippen molar-refractivity contribution in [3.63, 3.8) is 0 Å². The number of nitrogens with zero attached hydrogens (tertiary/aromatic N) is 2. The molecule has 0 aliphatic heterocycles. The maximum Gasteiger partial charge on any atom is 0.148 e. The normalized spacial score (nSPS) is 23.0. The fraction of sp³-hybridized carbons (Fsp3) is 0.786. The minimum absolute atomic E-state index is 0.441. The molecule has 4 heteroatoms. The molecule has 0 amide bonds. The molecule has 2 rings (SSSR count).